The van der Waals surface area contributed by atoms with Crippen LogP contribution < -0.4 is 5.56 Å². The topological polar surface area (TPSA) is 88.9 Å². The first-order valence-corrected chi connectivity index (χ1v) is 10.1. The highest BCUT2D eigenvalue weighted by molar-refractivity contribution is 6.00. The number of aromatic nitrogens is 4. The van der Waals surface area contributed by atoms with Gasteiger partial charge in [0.2, 0.25) is 0 Å². The first-order valence-electron chi connectivity index (χ1n) is 10.1. The van der Waals surface area contributed by atoms with E-state index in [1.165, 1.54) is 0 Å². The van der Waals surface area contributed by atoms with E-state index < -0.39 is 0 Å². The van der Waals surface area contributed by atoms with Crippen LogP contribution in [0.5, 0.6) is 0 Å². The number of para-hydroxylation sites is 1. The fourth-order valence-corrected chi connectivity index (χ4v) is 3.80. The molecule has 2 aromatic carbocycles. The first-order chi connectivity index (χ1) is 15.0. The molecule has 4 aromatic rings. The van der Waals surface area contributed by atoms with Crippen molar-refractivity contribution in [3.63, 3.8) is 0 Å². The van der Waals surface area contributed by atoms with E-state index in [9.17, 15) is 4.79 Å². The van der Waals surface area contributed by atoms with Crippen LogP contribution in [0.3, 0.4) is 0 Å². The van der Waals surface area contributed by atoms with Crippen molar-refractivity contribution >= 4 is 29.1 Å². The molecule has 7 heteroatoms. The van der Waals surface area contributed by atoms with Crippen molar-refractivity contribution in [1.29, 1.82) is 5.41 Å². The number of aryl methyl sites for hydroxylation is 2. The van der Waals surface area contributed by atoms with Crippen LogP contribution in [0, 0.1) is 19.3 Å². The lowest BCUT2D eigenvalue weighted by atomic mass is 10.1. The van der Waals surface area contributed by atoms with Gasteiger partial charge in [-0.2, -0.15) is 0 Å². The molecule has 0 radical (unpaired) electrons. The van der Waals surface area contributed by atoms with E-state index in [0.29, 0.717) is 40.4 Å². The summed E-state index contributed by atoms with van der Waals surface area (Å²) in [5.74, 6) is 1.07. The first kappa shape index (κ1) is 20.4. The van der Waals surface area contributed by atoms with Gasteiger partial charge in [0.05, 0.1) is 35.2 Å². The van der Waals surface area contributed by atoms with E-state index in [1.54, 1.807) is 15.5 Å². The van der Waals surface area contributed by atoms with Crippen molar-refractivity contribution < 1.29 is 0 Å². The number of aliphatic imine (C=N–C) groups is 1. The van der Waals surface area contributed by atoms with Gasteiger partial charge in [0.25, 0.3) is 5.56 Å². The Hall–Kier alpha value is -3.87. The fraction of sp³-hybridized carbons (Fsp3) is 0.208. The van der Waals surface area contributed by atoms with Gasteiger partial charge in [-0.05, 0) is 50.2 Å². The maximum Gasteiger partial charge on any atom is 0.266 e. The molecule has 4 rings (SSSR count). The highest BCUT2D eigenvalue weighted by atomic mass is 16.1. The monoisotopic (exact) mass is 412 g/mol. The third-order valence-electron chi connectivity index (χ3n) is 5.44. The lowest BCUT2D eigenvalue weighted by Crippen LogP contribution is -2.26. The maximum absolute atomic E-state index is 13.7. The van der Waals surface area contributed by atoms with Crippen LogP contribution in [-0.2, 0) is 6.54 Å². The molecule has 0 spiro atoms. The standard InChI is InChI=1S/C24H24N6O/c1-5-17(25)22-23(26-4)29(14-27-22)13-20-28-18-11-8-10-16(3)21(18)24(31)30(20)19-12-7-6-9-15(19)2/h6-12,14,25H,4-5,13H2,1-3H3. The van der Waals surface area contributed by atoms with Gasteiger partial charge in [-0.15, -0.1) is 0 Å². The number of imidazole rings is 1. The summed E-state index contributed by atoms with van der Waals surface area (Å²) in [4.78, 5) is 27.0. The Morgan fingerprint density at radius 2 is 1.87 bits per heavy atom. The van der Waals surface area contributed by atoms with Crippen LogP contribution in [0.1, 0.15) is 36.0 Å². The Kier molecular flexibility index (Phi) is 5.33. The van der Waals surface area contributed by atoms with Crippen molar-refractivity contribution in [1.82, 2.24) is 19.1 Å². The minimum Gasteiger partial charge on any atom is -0.308 e. The highest BCUT2D eigenvalue weighted by Gasteiger charge is 2.19. The van der Waals surface area contributed by atoms with E-state index in [4.69, 9.17) is 10.4 Å². The average Bonchev–Trinajstić information content (AvgIpc) is 3.16. The summed E-state index contributed by atoms with van der Waals surface area (Å²) in [7, 11) is 0. The predicted molar refractivity (Wildman–Crippen MR) is 124 cm³/mol. The number of benzene rings is 2. The molecule has 0 aliphatic heterocycles. The maximum atomic E-state index is 13.7. The lowest BCUT2D eigenvalue weighted by Gasteiger charge is -2.17. The second-order valence-electron chi connectivity index (χ2n) is 7.46. The molecule has 0 fully saturated rings. The third-order valence-corrected chi connectivity index (χ3v) is 5.44. The molecule has 0 saturated carbocycles. The van der Waals surface area contributed by atoms with Gasteiger partial charge < -0.3 is 9.98 Å². The molecule has 31 heavy (non-hydrogen) atoms. The molecule has 156 valence electrons. The molecule has 0 saturated heterocycles. The van der Waals surface area contributed by atoms with Crippen molar-refractivity contribution in [2.75, 3.05) is 0 Å². The summed E-state index contributed by atoms with van der Waals surface area (Å²) in [6.45, 7) is 9.73. The van der Waals surface area contributed by atoms with Crippen molar-refractivity contribution in [2.45, 2.75) is 33.7 Å². The quantitative estimate of drug-likeness (QED) is 0.477. The largest absolute Gasteiger partial charge is 0.308 e. The highest BCUT2D eigenvalue weighted by Crippen LogP contribution is 2.23. The number of nitrogens with one attached hydrogen (secondary N) is 1. The molecule has 0 amide bonds. The number of rotatable bonds is 6. The SMILES string of the molecule is C=Nc1c(C(=N)CC)ncn1Cc1nc2cccc(C)c2c(=O)n1-c1ccccc1C. The van der Waals surface area contributed by atoms with Crippen molar-refractivity contribution in [3.8, 4) is 5.69 Å². The molecule has 2 heterocycles. The van der Waals surface area contributed by atoms with Crippen LogP contribution in [0.2, 0.25) is 0 Å². The van der Waals surface area contributed by atoms with Crippen LogP contribution in [0.15, 0.2) is 58.6 Å². The Labute approximate surface area is 180 Å². The van der Waals surface area contributed by atoms with Crippen LogP contribution in [0.25, 0.3) is 16.6 Å². The minimum atomic E-state index is -0.109. The Morgan fingerprint density at radius 1 is 1.13 bits per heavy atom. The number of nitrogens with zero attached hydrogens (tertiary/aromatic N) is 5. The molecule has 7 nitrogen and oxygen atoms in total. The van der Waals surface area contributed by atoms with Gasteiger partial charge in [0.15, 0.2) is 5.82 Å². The van der Waals surface area contributed by atoms with Crippen LogP contribution in [0.4, 0.5) is 5.82 Å². The Bertz CT molecular complexity index is 1380. The summed E-state index contributed by atoms with van der Waals surface area (Å²) in [6.07, 6.45) is 2.17. The molecule has 0 atom stereocenters. The molecule has 0 bridgehead atoms. The molecular weight excluding hydrogens is 388 g/mol. The summed E-state index contributed by atoms with van der Waals surface area (Å²) in [6, 6.07) is 13.4. The molecule has 0 aliphatic rings. The second-order valence-corrected chi connectivity index (χ2v) is 7.46. The minimum absolute atomic E-state index is 0.109. The molecule has 0 unspecified atom stereocenters. The van der Waals surface area contributed by atoms with Gasteiger partial charge >= 0.3 is 0 Å². The summed E-state index contributed by atoms with van der Waals surface area (Å²) in [5, 5.41) is 8.76. The van der Waals surface area contributed by atoms with Crippen molar-refractivity contribution in [2.24, 2.45) is 4.99 Å². The number of hydrogen-bond donors (Lipinski definition) is 1. The number of hydrogen-bond acceptors (Lipinski definition) is 5. The molecule has 1 N–H and O–H groups in total. The van der Waals surface area contributed by atoms with Gasteiger partial charge in [0, 0.05) is 0 Å². The molecular formula is C24H24N6O. The van der Waals surface area contributed by atoms with Crippen molar-refractivity contribution in [3.05, 3.63) is 81.8 Å². The fourth-order valence-electron chi connectivity index (χ4n) is 3.80. The van der Waals surface area contributed by atoms with E-state index in [-0.39, 0.29) is 12.1 Å². The predicted octanol–water partition coefficient (Wildman–Crippen LogP) is 4.36. The van der Waals surface area contributed by atoms with E-state index >= 15 is 0 Å². The third kappa shape index (κ3) is 3.48. The lowest BCUT2D eigenvalue weighted by molar-refractivity contribution is 0.709. The normalized spacial score (nSPS) is 11.1. The van der Waals surface area contributed by atoms with Gasteiger partial charge in [-0.1, -0.05) is 37.3 Å². The zero-order valence-electron chi connectivity index (χ0n) is 17.9. The van der Waals surface area contributed by atoms with Gasteiger partial charge in [-0.25, -0.2) is 15.0 Å². The molecule has 2 aromatic heterocycles. The van der Waals surface area contributed by atoms with E-state index in [1.807, 2.05) is 63.2 Å². The van der Waals surface area contributed by atoms with E-state index in [0.717, 1.165) is 16.8 Å². The van der Waals surface area contributed by atoms with E-state index in [2.05, 4.69) is 16.7 Å². The van der Waals surface area contributed by atoms with Gasteiger partial charge in [-0.3, -0.25) is 9.36 Å². The zero-order valence-corrected chi connectivity index (χ0v) is 17.9. The average molecular weight is 412 g/mol. The summed E-state index contributed by atoms with van der Waals surface area (Å²) >= 11 is 0. The summed E-state index contributed by atoms with van der Waals surface area (Å²) < 4.78 is 3.45. The second kappa shape index (κ2) is 8.10. The molecule has 0 aliphatic carbocycles. The Morgan fingerprint density at radius 3 is 2.58 bits per heavy atom. The number of fused-ring (bicyclic) bond motifs is 1. The Balaban J connectivity index is 1.99. The zero-order chi connectivity index (χ0) is 22.1. The van der Waals surface area contributed by atoms with Crippen LogP contribution >= 0.6 is 0 Å². The van der Waals surface area contributed by atoms with Gasteiger partial charge in [0.1, 0.15) is 11.5 Å². The van der Waals surface area contributed by atoms with Crippen LogP contribution in [-0.4, -0.2) is 31.5 Å². The summed E-state index contributed by atoms with van der Waals surface area (Å²) in [5.41, 5.74) is 4.08. The smallest absolute Gasteiger partial charge is 0.266 e.